The van der Waals surface area contributed by atoms with Crippen molar-refractivity contribution in [1.29, 1.82) is 0 Å². The zero-order valence-electron chi connectivity index (χ0n) is 13.4. The molecular weight excluding hydrogens is 294 g/mol. The molecule has 2 aromatic carbocycles. The molecule has 1 aliphatic carbocycles. The SMILES string of the molecule is N[C@@H]1c2ccccc2-c2c(-c3cnc4c(c3)CCCN4)cccc21. The molecule has 2 aliphatic rings. The van der Waals surface area contributed by atoms with Crippen LogP contribution in [-0.4, -0.2) is 11.5 Å². The first-order valence-corrected chi connectivity index (χ1v) is 8.54. The third-order valence-electron chi connectivity index (χ3n) is 5.19. The average molecular weight is 313 g/mol. The number of anilines is 1. The molecule has 0 spiro atoms. The molecular formula is C21H19N3. The fourth-order valence-electron chi connectivity index (χ4n) is 4.03. The second kappa shape index (κ2) is 5.18. The van der Waals surface area contributed by atoms with Gasteiger partial charge < -0.3 is 11.1 Å². The van der Waals surface area contributed by atoms with Crippen LogP contribution in [0, 0.1) is 0 Å². The van der Waals surface area contributed by atoms with Crippen molar-refractivity contribution in [1.82, 2.24) is 4.98 Å². The molecule has 3 aromatic rings. The molecule has 0 unspecified atom stereocenters. The molecule has 3 heteroatoms. The van der Waals surface area contributed by atoms with Crippen LogP contribution in [0.4, 0.5) is 5.82 Å². The van der Waals surface area contributed by atoms with E-state index < -0.39 is 0 Å². The maximum absolute atomic E-state index is 6.49. The fraction of sp³-hybridized carbons (Fsp3) is 0.190. The molecule has 0 fully saturated rings. The number of nitrogens with one attached hydrogen (secondary N) is 1. The van der Waals surface area contributed by atoms with Crippen molar-refractivity contribution in [2.45, 2.75) is 18.9 Å². The number of benzene rings is 2. The first-order valence-electron chi connectivity index (χ1n) is 8.54. The molecule has 1 atom stereocenters. The minimum absolute atomic E-state index is 0.0385. The summed E-state index contributed by atoms with van der Waals surface area (Å²) in [7, 11) is 0. The second-order valence-electron chi connectivity index (χ2n) is 6.60. The van der Waals surface area contributed by atoms with Crippen molar-refractivity contribution >= 4 is 5.82 Å². The van der Waals surface area contributed by atoms with E-state index in [0.29, 0.717) is 0 Å². The van der Waals surface area contributed by atoms with Gasteiger partial charge in [-0.1, -0.05) is 42.5 Å². The summed E-state index contributed by atoms with van der Waals surface area (Å²) in [5, 5.41) is 3.39. The van der Waals surface area contributed by atoms with Gasteiger partial charge in [-0.2, -0.15) is 0 Å². The lowest BCUT2D eigenvalue weighted by Crippen LogP contribution is -2.13. The Bertz CT molecular complexity index is 946. The van der Waals surface area contributed by atoms with Crippen LogP contribution in [0.15, 0.2) is 54.7 Å². The lowest BCUT2D eigenvalue weighted by atomic mass is 9.93. The lowest BCUT2D eigenvalue weighted by molar-refractivity contribution is 0.818. The highest BCUT2D eigenvalue weighted by atomic mass is 15.0. The molecule has 2 heterocycles. The van der Waals surface area contributed by atoms with Gasteiger partial charge in [0.05, 0.1) is 6.04 Å². The predicted molar refractivity (Wildman–Crippen MR) is 98.0 cm³/mol. The topological polar surface area (TPSA) is 50.9 Å². The van der Waals surface area contributed by atoms with E-state index >= 15 is 0 Å². The molecule has 1 aliphatic heterocycles. The Morgan fingerprint density at radius 1 is 1.00 bits per heavy atom. The lowest BCUT2D eigenvalue weighted by Gasteiger charge is -2.18. The van der Waals surface area contributed by atoms with E-state index in [0.717, 1.165) is 18.8 Å². The number of hydrogen-bond acceptors (Lipinski definition) is 3. The van der Waals surface area contributed by atoms with E-state index in [4.69, 9.17) is 5.73 Å². The number of nitrogens with two attached hydrogens (primary N) is 1. The number of aromatic nitrogens is 1. The predicted octanol–water partition coefficient (Wildman–Crippen LogP) is 4.14. The quantitative estimate of drug-likeness (QED) is 0.710. The molecule has 3 nitrogen and oxygen atoms in total. The molecule has 0 bridgehead atoms. The molecule has 1 aromatic heterocycles. The van der Waals surface area contributed by atoms with Crippen LogP contribution in [-0.2, 0) is 6.42 Å². The Morgan fingerprint density at radius 3 is 2.79 bits per heavy atom. The van der Waals surface area contributed by atoms with Crippen LogP contribution < -0.4 is 11.1 Å². The third kappa shape index (κ3) is 1.91. The standard InChI is InChI=1S/C21H19N3/c22-20-17-7-2-1-6-16(17)19-15(8-3-9-18(19)20)14-11-13-5-4-10-23-21(13)24-12-14/h1-3,6-9,11-12,20H,4-5,10,22H2,(H,23,24)/t20-/m1/s1. The summed E-state index contributed by atoms with van der Waals surface area (Å²) < 4.78 is 0. The highest BCUT2D eigenvalue weighted by Gasteiger charge is 2.28. The van der Waals surface area contributed by atoms with Gasteiger partial charge in [0.25, 0.3) is 0 Å². The largest absolute Gasteiger partial charge is 0.370 e. The third-order valence-corrected chi connectivity index (χ3v) is 5.19. The van der Waals surface area contributed by atoms with Crippen molar-refractivity contribution in [2.75, 3.05) is 11.9 Å². The molecule has 0 radical (unpaired) electrons. The van der Waals surface area contributed by atoms with Crippen LogP contribution in [0.1, 0.15) is 29.2 Å². The first-order chi connectivity index (χ1) is 11.8. The van der Waals surface area contributed by atoms with Crippen molar-refractivity contribution in [2.24, 2.45) is 5.73 Å². The van der Waals surface area contributed by atoms with Gasteiger partial charge in [0.2, 0.25) is 0 Å². The van der Waals surface area contributed by atoms with Gasteiger partial charge in [0, 0.05) is 18.3 Å². The van der Waals surface area contributed by atoms with Crippen LogP contribution in [0.2, 0.25) is 0 Å². The summed E-state index contributed by atoms with van der Waals surface area (Å²) in [5.41, 5.74) is 15.2. The number of fused-ring (bicyclic) bond motifs is 4. The maximum atomic E-state index is 6.49. The van der Waals surface area contributed by atoms with Crippen molar-refractivity contribution in [3.05, 3.63) is 71.4 Å². The normalized spacial score (nSPS) is 17.6. The van der Waals surface area contributed by atoms with Gasteiger partial charge in [-0.25, -0.2) is 4.98 Å². The van der Waals surface area contributed by atoms with Crippen molar-refractivity contribution < 1.29 is 0 Å². The highest BCUT2D eigenvalue weighted by Crippen LogP contribution is 2.47. The minimum atomic E-state index is -0.0385. The smallest absolute Gasteiger partial charge is 0.129 e. The van der Waals surface area contributed by atoms with E-state index in [-0.39, 0.29) is 6.04 Å². The molecule has 118 valence electrons. The van der Waals surface area contributed by atoms with Gasteiger partial charge >= 0.3 is 0 Å². The molecule has 0 saturated carbocycles. The Labute approximate surface area is 141 Å². The van der Waals surface area contributed by atoms with E-state index in [1.165, 1.54) is 45.4 Å². The summed E-state index contributed by atoms with van der Waals surface area (Å²) in [6, 6.07) is 17.2. The Morgan fingerprint density at radius 2 is 1.83 bits per heavy atom. The van der Waals surface area contributed by atoms with E-state index in [9.17, 15) is 0 Å². The summed E-state index contributed by atoms with van der Waals surface area (Å²) in [4.78, 5) is 4.65. The van der Waals surface area contributed by atoms with E-state index in [2.05, 4.69) is 58.8 Å². The van der Waals surface area contributed by atoms with Gasteiger partial charge in [0.15, 0.2) is 0 Å². The summed E-state index contributed by atoms with van der Waals surface area (Å²) in [5.74, 6) is 1.04. The summed E-state index contributed by atoms with van der Waals surface area (Å²) in [6.45, 7) is 1.02. The second-order valence-corrected chi connectivity index (χ2v) is 6.60. The van der Waals surface area contributed by atoms with Gasteiger partial charge in [0.1, 0.15) is 5.82 Å². The van der Waals surface area contributed by atoms with Gasteiger partial charge in [-0.05, 0) is 52.3 Å². The van der Waals surface area contributed by atoms with Crippen LogP contribution in [0.5, 0.6) is 0 Å². The average Bonchev–Trinajstić information content (AvgIpc) is 2.95. The number of nitrogens with zero attached hydrogens (tertiary/aromatic N) is 1. The van der Waals surface area contributed by atoms with Crippen LogP contribution >= 0.6 is 0 Å². The van der Waals surface area contributed by atoms with Crippen LogP contribution in [0.3, 0.4) is 0 Å². The molecule has 24 heavy (non-hydrogen) atoms. The van der Waals surface area contributed by atoms with E-state index in [1.54, 1.807) is 0 Å². The molecule has 0 saturated heterocycles. The zero-order chi connectivity index (χ0) is 16.1. The Kier molecular flexibility index (Phi) is 2.97. The zero-order valence-corrected chi connectivity index (χ0v) is 13.4. The summed E-state index contributed by atoms with van der Waals surface area (Å²) >= 11 is 0. The van der Waals surface area contributed by atoms with E-state index in [1.807, 2.05) is 6.20 Å². The van der Waals surface area contributed by atoms with Gasteiger partial charge in [-0.3, -0.25) is 0 Å². The number of hydrogen-bond donors (Lipinski definition) is 2. The van der Waals surface area contributed by atoms with Gasteiger partial charge in [-0.15, -0.1) is 0 Å². The molecule has 5 rings (SSSR count). The molecule has 3 N–H and O–H groups in total. The monoisotopic (exact) mass is 313 g/mol. The van der Waals surface area contributed by atoms with Crippen molar-refractivity contribution in [3.63, 3.8) is 0 Å². The Balaban J connectivity index is 1.73. The number of pyridine rings is 1. The first kappa shape index (κ1) is 13.8. The maximum Gasteiger partial charge on any atom is 0.129 e. The number of rotatable bonds is 1. The number of aryl methyl sites for hydroxylation is 1. The molecule has 0 amide bonds. The summed E-state index contributed by atoms with van der Waals surface area (Å²) in [6.07, 6.45) is 4.24. The minimum Gasteiger partial charge on any atom is -0.370 e. The fourth-order valence-corrected chi connectivity index (χ4v) is 4.03. The highest BCUT2D eigenvalue weighted by molar-refractivity contribution is 5.91. The Hall–Kier alpha value is -2.65. The van der Waals surface area contributed by atoms with Crippen molar-refractivity contribution in [3.8, 4) is 22.3 Å². The van der Waals surface area contributed by atoms with Crippen LogP contribution in [0.25, 0.3) is 22.3 Å².